The van der Waals surface area contributed by atoms with Gasteiger partial charge in [-0.15, -0.1) is 6.58 Å². The maximum atomic E-state index is 12.7. The number of alkyl halides is 2. The van der Waals surface area contributed by atoms with Crippen molar-refractivity contribution in [2.75, 3.05) is 0 Å². The SMILES string of the molecule is C=CCC(O[SiH](C)C)C1CC(F)(F)C1. The van der Waals surface area contributed by atoms with Crippen LogP contribution in [0.3, 0.4) is 0 Å². The van der Waals surface area contributed by atoms with Crippen molar-refractivity contribution in [1.82, 2.24) is 0 Å². The molecule has 14 heavy (non-hydrogen) atoms. The second-order valence-corrected chi connectivity index (χ2v) is 6.64. The minimum absolute atomic E-state index is 0.00731. The largest absolute Gasteiger partial charge is 0.417 e. The number of hydrogen-bond donors (Lipinski definition) is 0. The molecule has 0 heterocycles. The third kappa shape index (κ3) is 3.17. The van der Waals surface area contributed by atoms with Crippen LogP contribution in [-0.2, 0) is 4.43 Å². The second kappa shape index (κ2) is 4.53. The van der Waals surface area contributed by atoms with Crippen LogP contribution in [0.1, 0.15) is 19.3 Å². The zero-order valence-corrected chi connectivity index (χ0v) is 9.96. The highest BCUT2D eigenvalue weighted by molar-refractivity contribution is 6.48. The van der Waals surface area contributed by atoms with Gasteiger partial charge in [-0.05, 0) is 25.4 Å². The Hall–Kier alpha value is -0.223. The fourth-order valence-corrected chi connectivity index (χ4v) is 2.88. The molecule has 1 atom stereocenters. The van der Waals surface area contributed by atoms with Gasteiger partial charge in [0, 0.05) is 12.8 Å². The number of hydrogen-bond acceptors (Lipinski definition) is 1. The number of halogens is 2. The second-order valence-electron chi connectivity index (χ2n) is 4.27. The van der Waals surface area contributed by atoms with Gasteiger partial charge >= 0.3 is 0 Å². The van der Waals surface area contributed by atoms with Crippen molar-refractivity contribution in [3.8, 4) is 0 Å². The van der Waals surface area contributed by atoms with E-state index in [2.05, 4.69) is 19.7 Å². The van der Waals surface area contributed by atoms with Gasteiger partial charge in [-0.25, -0.2) is 8.78 Å². The summed E-state index contributed by atoms with van der Waals surface area (Å²) in [7, 11) is -1.13. The molecular weight excluding hydrogens is 202 g/mol. The van der Waals surface area contributed by atoms with Crippen molar-refractivity contribution in [3.63, 3.8) is 0 Å². The Kier molecular flexibility index (Phi) is 3.83. The lowest BCUT2D eigenvalue weighted by molar-refractivity contribution is -0.136. The summed E-state index contributed by atoms with van der Waals surface area (Å²) in [6, 6.07) is 0. The van der Waals surface area contributed by atoms with Crippen LogP contribution in [0.15, 0.2) is 12.7 Å². The molecule has 82 valence electrons. The molecule has 0 bridgehead atoms. The first-order chi connectivity index (χ1) is 6.44. The quantitative estimate of drug-likeness (QED) is 0.511. The third-order valence-corrected chi connectivity index (χ3v) is 3.39. The molecular formula is C10H18F2OSi. The van der Waals surface area contributed by atoms with Crippen LogP contribution >= 0.6 is 0 Å². The lowest BCUT2D eigenvalue weighted by Gasteiger charge is -2.40. The van der Waals surface area contributed by atoms with Gasteiger partial charge in [-0.1, -0.05) is 6.08 Å². The van der Waals surface area contributed by atoms with Gasteiger partial charge in [-0.2, -0.15) is 0 Å². The summed E-state index contributed by atoms with van der Waals surface area (Å²) in [5.74, 6) is -2.40. The maximum Gasteiger partial charge on any atom is 0.248 e. The topological polar surface area (TPSA) is 9.23 Å². The average Bonchev–Trinajstić information content (AvgIpc) is 1.98. The predicted molar refractivity (Wildman–Crippen MR) is 56.2 cm³/mol. The first-order valence-corrected chi connectivity index (χ1v) is 7.87. The molecule has 1 saturated carbocycles. The van der Waals surface area contributed by atoms with Crippen molar-refractivity contribution < 1.29 is 13.2 Å². The standard InChI is InChI=1S/C10H18F2OSi/c1-4-5-9(13-14(2)3)8-6-10(11,12)7-8/h4,8-9,14H,1,5-7H2,2-3H3. The molecule has 0 aromatic heterocycles. The van der Waals surface area contributed by atoms with Crippen LogP contribution in [0.5, 0.6) is 0 Å². The Morgan fingerprint density at radius 1 is 1.57 bits per heavy atom. The van der Waals surface area contributed by atoms with Crippen LogP contribution in [0.25, 0.3) is 0 Å². The van der Waals surface area contributed by atoms with E-state index in [0.29, 0.717) is 6.42 Å². The van der Waals surface area contributed by atoms with Crippen LogP contribution in [0, 0.1) is 5.92 Å². The molecule has 1 aliphatic carbocycles. The van der Waals surface area contributed by atoms with Crippen LogP contribution in [0.4, 0.5) is 8.78 Å². The zero-order valence-electron chi connectivity index (χ0n) is 8.80. The van der Waals surface area contributed by atoms with E-state index in [4.69, 9.17) is 4.43 Å². The van der Waals surface area contributed by atoms with E-state index in [1.54, 1.807) is 6.08 Å². The summed E-state index contributed by atoms with van der Waals surface area (Å²) in [4.78, 5) is 0. The molecule has 0 radical (unpaired) electrons. The molecule has 0 aromatic rings. The lowest BCUT2D eigenvalue weighted by atomic mass is 9.77. The lowest BCUT2D eigenvalue weighted by Crippen LogP contribution is -2.44. The fourth-order valence-electron chi connectivity index (χ4n) is 1.84. The molecule has 1 unspecified atom stereocenters. The van der Waals surface area contributed by atoms with Crippen molar-refractivity contribution in [1.29, 1.82) is 0 Å². The predicted octanol–water partition coefficient (Wildman–Crippen LogP) is 2.98. The average molecular weight is 220 g/mol. The first-order valence-electron chi connectivity index (χ1n) is 5.09. The normalized spacial score (nSPS) is 23.2. The van der Waals surface area contributed by atoms with E-state index in [-0.39, 0.29) is 24.9 Å². The summed E-state index contributed by atoms with van der Waals surface area (Å²) < 4.78 is 31.0. The highest BCUT2D eigenvalue weighted by Gasteiger charge is 2.48. The van der Waals surface area contributed by atoms with E-state index in [1.165, 1.54) is 0 Å². The fraction of sp³-hybridized carbons (Fsp3) is 0.800. The van der Waals surface area contributed by atoms with Gasteiger partial charge in [0.2, 0.25) is 5.92 Å². The Balaban J connectivity index is 2.40. The van der Waals surface area contributed by atoms with Crippen molar-refractivity contribution >= 4 is 9.04 Å². The van der Waals surface area contributed by atoms with Gasteiger partial charge in [-0.3, -0.25) is 0 Å². The summed E-state index contributed by atoms with van der Waals surface area (Å²) in [6.45, 7) is 7.76. The van der Waals surface area contributed by atoms with Gasteiger partial charge in [0.15, 0.2) is 9.04 Å². The minimum atomic E-state index is -2.44. The van der Waals surface area contributed by atoms with Crippen molar-refractivity contribution in [2.45, 2.75) is 44.4 Å². The molecule has 1 fully saturated rings. The molecule has 0 spiro atoms. The van der Waals surface area contributed by atoms with Crippen LogP contribution in [0.2, 0.25) is 13.1 Å². The Morgan fingerprint density at radius 3 is 2.50 bits per heavy atom. The molecule has 0 saturated heterocycles. The van der Waals surface area contributed by atoms with Gasteiger partial charge < -0.3 is 4.43 Å². The van der Waals surface area contributed by atoms with Crippen LogP contribution in [-0.4, -0.2) is 21.1 Å². The Labute approximate surface area is 85.9 Å². The third-order valence-electron chi connectivity index (χ3n) is 2.49. The van der Waals surface area contributed by atoms with E-state index in [1.807, 2.05) is 0 Å². The van der Waals surface area contributed by atoms with Crippen molar-refractivity contribution in [3.05, 3.63) is 12.7 Å². The minimum Gasteiger partial charge on any atom is -0.417 e. The summed E-state index contributed by atoms with van der Waals surface area (Å²) in [5.41, 5.74) is 0. The maximum absolute atomic E-state index is 12.7. The monoisotopic (exact) mass is 220 g/mol. The molecule has 0 aromatic carbocycles. The van der Waals surface area contributed by atoms with Crippen LogP contribution < -0.4 is 0 Å². The van der Waals surface area contributed by atoms with Gasteiger partial charge in [0.05, 0.1) is 6.10 Å². The van der Waals surface area contributed by atoms with Gasteiger partial charge in [0.1, 0.15) is 0 Å². The highest BCUT2D eigenvalue weighted by Crippen LogP contribution is 2.45. The highest BCUT2D eigenvalue weighted by atomic mass is 28.3. The molecule has 1 rings (SSSR count). The van der Waals surface area contributed by atoms with E-state index in [9.17, 15) is 8.78 Å². The molecule has 4 heteroatoms. The molecule has 0 amide bonds. The summed E-state index contributed by atoms with van der Waals surface area (Å²) in [6.07, 6.45) is 2.43. The van der Waals surface area contributed by atoms with E-state index < -0.39 is 15.0 Å². The zero-order chi connectivity index (χ0) is 10.8. The smallest absolute Gasteiger partial charge is 0.248 e. The van der Waals surface area contributed by atoms with Gasteiger partial charge in [0.25, 0.3) is 0 Å². The van der Waals surface area contributed by atoms with E-state index >= 15 is 0 Å². The Morgan fingerprint density at radius 2 is 2.14 bits per heavy atom. The number of rotatable bonds is 5. The molecule has 1 aliphatic rings. The molecule has 0 aliphatic heterocycles. The summed E-state index contributed by atoms with van der Waals surface area (Å²) >= 11 is 0. The Bertz CT molecular complexity index is 198. The summed E-state index contributed by atoms with van der Waals surface area (Å²) in [5, 5.41) is 0. The van der Waals surface area contributed by atoms with E-state index in [0.717, 1.165) is 0 Å². The molecule has 1 nitrogen and oxygen atoms in total. The molecule has 0 N–H and O–H groups in total. The van der Waals surface area contributed by atoms with Crippen molar-refractivity contribution in [2.24, 2.45) is 5.92 Å². The first kappa shape index (κ1) is 11.8.